The van der Waals surface area contributed by atoms with E-state index in [-0.39, 0.29) is 35.6 Å². The highest BCUT2D eigenvalue weighted by molar-refractivity contribution is 5.58. The van der Waals surface area contributed by atoms with Gasteiger partial charge in [0.05, 0.1) is 18.2 Å². The molecule has 0 aliphatic heterocycles. The zero-order valence-corrected chi connectivity index (χ0v) is 25.5. The van der Waals surface area contributed by atoms with E-state index in [0.29, 0.717) is 36.8 Å². The average Bonchev–Trinajstić information content (AvgIpc) is 3.37. The van der Waals surface area contributed by atoms with Crippen LogP contribution >= 0.6 is 0 Å². The number of benzene rings is 2. The smallest absolute Gasteiger partial charge is 0.406 e. The molecule has 4 rings (SSSR count). The number of nitrogens with zero attached hydrogens (tertiary/aromatic N) is 6. The fourth-order valence-corrected chi connectivity index (χ4v) is 5.72. The van der Waals surface area contributed by atoms with Crippen molar-refractivity contribution in [2.24, 2.45) is 18.9 Å². The maximum atomic E-state index is 13.6. The number of anilines is 2. The molecule has 1 aromatic heterocycles. The first-order valence-electron chi connectivity index (χ1n) is 14.8. The van der Waals surface area contributed by atoms with E-state index in [1.54, 1.807) is 0 Å². The van der Waals surface area contributed by atoms with Crippen molar-refractivity contribution < 1.29 is 44.3 Å². The Bertz CT molecular complexity index is 1410. The molecule has 1 heterocycles. The van der Waals surface area contributed by atoms with Crippen LogP contribution in [0.4, 0.5) is 51.1 Å². The molecule has 254 valence electrons. The van der Waals surface area contributed by atoms with Crippen molar-refractivity contribution in [1.29, 1.82) is 0 Å². The van der Waals surface area contributed by atoms with Gasteiger partial charge in [0.15, 0.2) is 0 Å². The summed E-state index contributed by atoms with van der Waals surface area (Å²) in [6, 6.07) is 5.07. The summed E-state index contributed by atoms with van der Waals surface area (Å²) in [5, 5.41) is 11.7. The molecule has 46 heavy (non-hydrogen) atoms. The number of hydrogen-bond donors (Lipinski definition) is 0. The second kappa shape index (κ2) is 14.0. The average molecular weight is 667 g/mol. The highest BCUT2D eigenvalue weighted by atomic mass is 19.4. The summed E-state index contributed by atoms with van der Waals surface area (Å²) in [5.74, 6) is -0.176. The Kier molecular flexibility index (Phi) is 10.7. The molecule has 1 aliphatic rings. The predicted molar refractivity (Wildman–Crippen MR) is 152 cm³/mol. The summed E-state index contributed by atoms with van der Waals surface area (Å²) in [6.45, 7) is 4.33. The van der Waals surface area contributed by atoms with E-state index in [0.717, 1.165) is 36.9 Å². The molecule has 0 amide bonds. The van der Waals surface area contributed by atoms with Crippen LogP contribution in [0, 0.1) is 11.8 Å². The van der Waals surface area contributed by atoms with Gasteiger partial charge in [-0.2, -0.15) is 31.1 Å². The lowest BCUT2D eigenvalue weighted by molar-refractivity contribution is -0.274. The summed E-state index contributed by atoms with van der Waals surface area (Å²) in [5.41, 5.74) is -2.51. The number of rotatable bonds is 11. The van der Waals surface area contributed by atoms with Gasteiger partial charge < -0.3 is 14.5 Å². The summed E-state index contributed by atoms with van der Waals surface area (Å²) < 4.78 is 126. The van der Waals surface area contributed by atoms with E-state index in [1.165, 1.54) is 30.1 Å². The molecule has 0 radical (unpaired) electrons. The molecule has 1 saturated carbocycles. The topological polar surface area (TPSA) is 59.3 Å². The molecule has 16 heteroatoms. The van der Waals surface area contributed by atoms with Crippen molar-refractivity contribution in [3.8, 4) is 5.75 Å². The van der Waals surface area contributed by atoms with Gasteiger partial charge in [-0.3, -0.25) is 0 Å². The Morgan fingerprint density at radius 1 is 0.848 bits per heavy atom. The van der Waals surface area contributed by atoms with Crippen molar-refractivity contribution in [2.75, 3.05) is 22.9 Å². The van der Waals surface area contributed by atoms with Gasteiger partial charge in [-0.05, 0) is 77.4 Å². The van der Waals surface area contributed by atoms with E-state index in [4.69, 9.17) is 0 Å². The molecule has 2 aromatic carbocycles. The molecule has 1 fully saturated rings. The van der Waals surface area contributed by atoms with Gasteiger partial charge in [0.2, 0.25) is 0 Å². The number of ether oxygens (including phenoxy) is 1. The Labute approximate surface area is 260 Å². The quantitative estimate of drug-likeness (QED) is 0.192. The summed E-state index contributed by atoms with van der Waals surface area (Å²) >= 11 is 0. The van der Waals surface area contributed by atoms with Crippen molar-refractivity contribution in [3.63, 3.8) is 0 Å². The van der Waals surface area contributed by atoms with Crippen LogP contribution in [0.2, 0.25) is 0 Å². The van der Waals surface area contributed by atoms with E-state index in [2.05, 4.69) is 25.0 Å². The first-order valence-corrected chi connectivity index (χ1v) is 14.8. The van der Waals surface area contributed by atoms with Crippen LogP contribution in [0.1, 0.15) is 68.2 Å². The van der Waals surface area contributed by atoms with Crippen LogP contribution in [-0.4, -0.2) is 39.7 Å². The van der Waals surface area contributed by atoms with Crippen molar-refractivity contribution in [1.82, 2.24) is 20.2 Å². The third-order valence-corrected chi connectivity index (χ3v) is 7.58. The molecule has 0 N–H and O–H groups in total. The lowest BCUT2D eigenvalue weighted by atomic mass is 9.88. The minimum Gasteiger partial charge on any atom is -0.406 e. The molecule has 0 bridgehead atoms. The van der Waals surface area contributed by atoms with Crippen LogP contribution in [0.25, 0.3) is 0 Å². The highest BCUT2D eigenvalue weighted by Gasteiger charge is 2.37. The maximum Gasteiger partial charge on any atom is 0.573 e. The van der Waals surface area contributed by atoms with Gasteiger partial charge in [-0.1, -0.05) is 38.2 Å². The molecule has 0 unspecified atom stereocenters. The number of halogens is 9. The number of aryl methyl sites for hydroxylation is 1. The zero-order valence-electron chi connectivity index (χ0n) is 25.5. The normalized spacial score (nSPS) is 15.0. The van der Waals surface area contributed by atoms with Gasteiger partial charge in [0.25, 0.3) is 5.95 Å². The van der Waals surface area contributed by atoms with E-state index in [9.17, 15) is 39.5 Å². The standard InChI is InChI=1S/C30H35F9N6O/c1-19(2)15-44(16-20-7-5-4-6-8-20)26-10-9-25(46-30(37,38)39)13-22(26)18-45(27-40-42-43(3)41-27)17-21-11-23(28(31,32)33)14-24(12-21)29(34,35)36/h9-14,19-20H,4-8,15-18H2,1-3H3. The fraction of sp³-hybridized carbons (Fsp3) is 0.567. The molecule has 0 spiro atoms. The minimum atomic E-state index is -5.07. The lowest BCUT2D eigenvalue weighted by Crippen LogP contribution is -2.35. The zero-order chi connectivity index (χ0) is 33.9. The Morgan fingerprint density at radius 2 is 1.48 bits per heavy atom. The highest BCUT2D eigenvalue weighted by Crippen LogP contribution is 2.38. The van der Waals surface area contributed by atoms with Crippen LogP contribution in [0.3, 0.4) is 0 Å². The van der Waals surface area contributed by atoms with Crippen molar-refractivity contribution >= 4 is 11.6 Å². The molecule has 0 atom stereocenters. The predicted octanol–water partition coefficient (Wildman–Crippen LogP) is 8.40. The molecular weight excluding hydrogens is 631 g/mol. The second-order valence-electron chi connectivity index (χ2n) is 12.0. The third-order valence-electron chi connectivity index (χ3n) is 7.58. The van der Waals surface area contributed by atoms with Crippen LogP contribution in [0.15, 0.2) is 36.4 Å². The molecule has 3 aromatic rings. The van der Waals surface area contributed by atoms with Crippen molar-refractivity contribution in [2.45, 2.75) is 77.8 Å². The van der Waals surface area contributed by atoms with Crippen LogP contribution < -0.4 is 14.5 Å². The van der Waals surface area contributed by atoms with E-state index in [1.807, 2.05) is 13.8 Å². The molecular formula is C30H35F9N6O. The summed E-state index contributed by atoms with van der Waals surface area (Å²) in [7, 11) is 1.42. The minimum absolute atomic E-state index is 0.0273. The van der Waals surface area contributed by atoms with Crippen LogP contribution in [-0.2, 0) is 32.5 Å². The van der Waals surface area contributed by atoms with Crippen molar-refractivity contribution in [3.05, 3.63) is 58.7 Å². The summed E-state index contributed by atoms with van der Waals surface area (Å²) in [6.07, 6.45) is -9.91. The van der Waals surface area contributed by atoms with Gasteiger partial charge in [-0.15, -0.1) is 18.3 Å². The number of hydrogen-bond acceptors (Lipinski definition) is 6. The van der Waals surface area contributed by atoms with Gasteiger partial charge in [-0.25, -0.2) is 0 Å². The second-order valence-corrected chi connectivity index (χ2v) is 12.0. The third kappa shape index (κ3) is 9.89. The van der Waals surface area contributed by atoms with E-state index >= 15 is 0 Å². The van der Waals surface area contributed by atoms with Crippen LogP contribution in [0.5, 0.6) is 5.75 Å². The number of alkyl halides is 9. The number of aromatic nitrogens is 4. The molecule has 7 nitrogen and oxygen atoms in total. The van der Waals surface area contributed by atoms with E-state index < -0.39 is 42.1 Å². The van der Waals surface area contributed by atoms with Gasteiger partial charge in [0.1, 0.15) is 5.75 Å². The molecule has 0 saturated heterocycles. The Balaban J connectivity index is 1.80. The largest absolute Gasteiger partial charge is 0.573 e. The Morgan fingerprint density at radius 3 is 2.00 bits per heavy atom. The van der Waals surface area contributed by atoms with Gasteiger partial charge >= 0.3 is 18.7 Å². The fourth-order valence-electron chi connectivity index (χ4n) is 5.72. The SMILES string of the molecule is CC(C)CN(CC1CCCCC1)c1ccc(OC(F)(F)F)cc1CN(Cc1cc(C(F)(F)F)cc(C(F)(F)F)c1)c1nnn(C)n1. The Hall–Kier alpha value is -3.72. The first-order chi connectivity index (χ1) is 21.4. The lowest BCUT2D eigenvalue weighted by Gasteiger charge is -2.35. The number of tetrazole rings is 1. The monoisotopic (exact) mass is 666 g/mol. The maximum absolute atomic E-state index is 13.6. The first kappa shape index (κ1) is 35.1. The summed E-state index contributed by atoms with van der Waals surface area (Å²) in [4.78, 5) is 4.39. The molecule has 1 aliphatic carbocycles. The van der Waals surface area contributed by atoms with Gasteiger partial charge in [0, 0.05) is 31.9 Å².